The lowest BCUT2D eigenvalue weighted by molar-refractivity contribution is -0.131. The SMILES string of the molecule is CC=CCCCCCCCCCCCCCC(=O)N1CCCCCC1. The van der Waals surface area contributed by atoms with E-state index in [9.17, 15) is 4.79 Å². The van der Waals surface area contributed by atoms with Gasteiger partial charge in [-0.05, 0) is 39.0 Å². The summed E-state index contributed by atoms with van der Waals surface area (Å²) >= 11 is 0. The Balaban J connectivity index is 1.80. The van der Waals surface area contributed by atoms with Gasteiger partial charge in [-0.25, -0.2) is 0 Å². The Morgan fingerprint density at radius 1 is 0.720 bits per heavy atom. The second-order valence-electron chi connectivity index (χ2n) is 7.79. The summed E-state index contributed by atoms with van der Waals surface area (Å²) in [6.07, 6.45) is 26.3. The first-order valence-corrected chi connectivity index (χ1v) is 11.2. The molecule has 0 bridgehead atoms. The Bertz CT molecular complexity index is 329. The third kappa shape index (κ3) is 13.1. The van der Waals surface area contributed by atoms with E-state index in [1.54, 1.807) is 0 Å². The Morgan fingerprint density at radius 2 is 1.20 bits per heavy atom. The van der Waals surface area contributed by atoms with Crippen LogP contribution in [0.4, 0.5) is 0 Å². The molecule has 1 aliphatic rings. The molecule has 1 rings (SSSR count). The molecule has 0 spiro atoms. The molecule has 2 nitrogen and oxygen atoms in total. The van der Waals surface area contributed by atoms with Crippen LogP contribution in [0.25, 0.3) is 0 Å². The van der Waals surface area contributed by atoms with E-state index in [1.165, 1.54) is 96.3 Å². The van der Waals surface area contributed by atoms with Gasteiger partial charge in [0.25, 0.3) is 0 Å². The normalized spacial score (nSPS) is 15.6. The van der Waals surface area contributed by atoms with Crippen molar-refractivity contribution >= 4 is 5.91 Å². The van der Waals surface area contributed by atoms with Crippen molar-refractivity contribution in [3.05, 3.63) is 12.2 Å². The van der Waals surface area contributed by atoms with Gasteiger partial charge in [0.1, 0.15) is 0 Å². The number of hydrogen-bond donors (Lipinski definition) is 0. The van der Waals surface area contributed by atoms with Crippen LogP contribution in [0.5, 0.6) is 0 Å². The standard InChI is InChI=1S/C23H43NO/c1-2-3-4-5-6-7-8-9-10-11-12-13-14-17-20-23(25)24-21-18-15-16-19-22-24/h2-3H,4-22H2,1H3. The summed E-state index contributed by atoms with van der Waals surface area (Å²) in [6.45, 7) is 4.12. The minimum Gasteiger partial charge on any atom is -0.343 e. The smallest absolute Gasteiger partial charge is 0.222 e. The van der Waals surface area contributed by atoms with Crippen LogP contribution in [-0.4, -0.2) is 23.9 Å². The Morgan fingerprint density at radius 3 is 1.72 bits per heavy atom. The number of carbonyl (C=O) groups excluding carboxylic acids is 1. The topological polar surface area (TPSA) is 20.3 Å². The van der Waals surface area contributed by atoms with Gasteiger partial charge >= 0.3 is 0 Å². The van der Waals surface area contributed by atoms with Gasteiger partial charge in [-0.1, -0.05) is 82.8 Å². The molecule has 1 aliphatic heterocycles. The Hall–Kier alpha value is -0.790. The van der Waals surface area contributed by atoms with E-state index in [4.69, 9.17) is 0 Å². The highest BCUT2D eigenvalue weighted by Crippen LogP contribution is 2.14. The van der Waals surface area contributed by atoms with E-state index >= 15 is 0 Å². The fraction of sp³-hybridized carbons (Fsp3) is 0.870. The minimum absolute atomic E-state index is 0.413. The number of amides is 1. The molecular weight excluding hydrogens is 306 g/mol. The van der Waals surface area contributed by atoms with E-state index in [0.717, 1.165) is 25.9 Å². The lowest BCUT2D eigenvalue weighted by Crippen LogP contribution is -2.31. The number of allylic oxidation sites excluding steroid dienone is 2. The molecule has 0 aromatic rings. The van der Waals surface area contributed by atoms with Gasteiger partial charge in [0.2, 0.25) is 5.91 Å². The highest BCUT2D eigenvalue weighted by Gasteiger charge is 2.14. The predicted octanol–water partition coefficient (Wildman–Crippen LogP) is 7.04. The predicted molar refractivity (Wildman–Crippen MR) is 110 cm³/mol. The first-order valence-electron chi connectivity index (χ1n) is 11.2. The van der Waals surface area contributed by atoms with Crippen molar-refractivity contribution in [2.45, 2.75) is 116 Å². The summed E-state index contributed by atoms with van der Waals surface area (Å²) in [6, 6.07) is 0. The zero-order chi connectivity index (χ0) is 18.0. The molecule has 0 aliphatic carbocycles. The number of unbranched alkanes of at least 4 members (excludes halogenated alkanes) is 11. The lowest BCUT2D eigenvalue weighted by Gasteiger charge is -2.20. The summed E-state index contributed by atoms with van der Waals surface area (Å²) in [7, 11) is 0. The molecular formula is C23H43NO. The van der Waals surface area contributed by atoms with Crippen LogP contribution >= 0.6 is 0 Å². The molecule has 1 heterocycles. The van der Waals surface area contributed by atoms with Gasteiger partial charge < -0.3 is 4.90 Å². The van der Waals surface area contributed by atoms with Crippen LogP contribution in [-0.2, 0) is 4.79 Å². The van der Waals surface area contributed by atoms with E-state index in [2.05, 4.69) is 24.0 Å². The van der Waals surface area contributed by atoms with Crippen molar-refractivity contribution in [1.82, 2.24) is 4.90 Å². The van der Waals surface area contributed by atoms with Gasteiger partial charge in [-0.2, -0.15) is 0 Å². The molecule has 146 valence electrons. The third-order valence-corrected chi connectivity index (χ3v) is 5.46. The maximum Gasteiger partial charge on any atom is 0.222 e. The molecule has 0 unspecified atom stereocenters. The van der Waals surface area contributed by atoms with Gasteiger partial charge in [0.15, 0.2) is 0 Å². The number of nitrogens with zero attached hydrogens (tertiary/aromatic N) is 1. The average molecular weight is 350 g/mol. The molecule has 0 saturated carbocycles. The summed E-state index contributed by atoms with van der Waals surface area (Å²) in [4.78, 5) is 14.3. The maximum atomic E-state index is 12.2. The van der Waals surface area contributed by atoms with Crippen LogP contribution in [0, 0.1) is 0 Å². The number of rotatable bonds is 14. The molecule has 2 heteroatoms. The van der Waals surface area contributed by atoms with E-state index in [1.807, 2.05) is 0 Å². The van der Waals surface area contributed by atoms with Crippen LogP contribution in [0.3, 0.4) is 0 Å². The van der Waals surface area contributed by atoms with E-state index < -0.39 is 0 Å². The summed E-state index contributed by atoms with van der Waals surface area (Å²) in [5, 5.41) is 0. The zero-order valence-electron chi connectivity index (χ0n) is 16.9. The Labute approximate surface area is 157 Å². The van der Waals surface area contributed by atoms with Gasteiger partial charge in [0.05, 0.1) is 0 Å². The van der Waals surface area contributed by atoms with Crippen molar-refractivity contribution in [2.24, 2.45) is 0 Å². The summed E-state index contributed by atoms with van der Waals surface area (Å²) in [5.41, 5.74) is 0. The fourth-order valence-corrected chi connectivity index (χ4v) is 3.77. The lowest BCUT2D eigenvalue weighted by atomic mass is 10.0. The molecule has 0 atom stereocenters. The first-order chi connectivity index (χ1) is 12.3. The molecule has 1 fully saturated rings. The Kier molecular flexibility index (Phi) is 14.8. The third-order valence-electron chi connectivity index (χ3n) is 5.46. The van der Waals surface area contributed by atoms with Crippen LogP contribution < -0.4 is 0 Å². The molecule has 1 amide bonds. The summed E-state index contributed by atoms with van der Waals surface area (Å²) < 4.78 is 0. The number of likely N-dealkylation sites (tertiary alicyclic amines) is 1. The van der Waals surface area contributed by atoms with Crippen molar-refractivity contribution < 1.29 is 4.79 Å². The van der Waals surface area contributed by atoms with Gasteiger partial charge in [-0.15, -0.1) is 0 Å². The average Bonchev–Trinajstić information content (AvgIpc) is 2.91. The summed E-state index contributed by atoms with van der Waals surface area (Å²) in [5.74, 6) is 0.413. The van der Waals surface area contributed by atoms with E-state index in [-0.39, 0.29) is 0 Å². The highest BCUT2D eigenvalue weighted by molar-refractivity contribution is 5.76. The van der Waals surface area contributed by atoms with E-state index in [0.29, 0.717) is 5.91 Å². The fourth-order valence-electron chi connectivity index (χ4n) is 3.77. The quantitative estimate of drug-likeness (QED) is 0.243. The monoisotopic (exact) mass is 349 g/mol. The highest BCUT2D eigenvalue weighted by atomic mass is 16.2. The van der Waals surface area contributed by atoms with Crippen molar-refractivity contribution in [1.29, 1.82) is 0 Å². The van der Waals surface area contributed by atoms with Gasteiger partial charge in [-0.3, -0.25) is 4.79 Å². The van der Waals surface area contributed by atoms with Crippen molar-refractivity contribution in [2.75, 3.05) is 13.1 Å². The molecule has 25 heavy (non-hydrogen) atoms. The van der Waals surface area contributed by atoms with Crippen LogP contribution in [0.15, 0.2) is 12.2 Å². The molecule has 0 radical (unpaired) electrons. The van der Waals surface area contributed by atoms with Crippen molar-refractivity contribution in [3.8, 4) is 0 Å². The first kappa shape index (κ1) is 22.3. The maximum absolute atomic E-state index is 12.2. The minimum atomic E-state index is 0.413. The van der Waals surface area contributed by atoms with Crippen molar-refractivity contribution in [3.63, 3.8) is 0 Å². The zero-order valence-corrected chi connectivity index (χ0v) is 16.9. The largest absolute Gasteiger partial charge is 0.343 e. The van der Waals surface area contributed by atoms with Crippen LogP contribution in [0.2, 0.25) is 0 Å². The molecule has 0 aromatic heterocycles. The molecule has 0 aromatic carbocycles. The molecule has 1 saturated heterocycles. The second-order valence-corrected chi connectivity index (χ2v) is 7.79. The number of carbonyl (C=O) groups is 1. The molecule has 0 N–H and O–H groups in total. The second kappa shape index (κ2) is 16.7. The van der Waals surface area contributed by atoms with Gasteiger partial charge in [0, 0.05) is 19.5 Å². The number of hydrogen-bond acceptors (Lipinski definition) is 1. The van der Waals surface area contributed by atoms with Crippen LogP contribution in [0.1, 0.15) is 116 Å².